The zero-order chi connectivity index (χ0) is 13.8. The molecule has 0 aromatic heterocycles. The van der Waals surface area contributed by atoms with E-state index in [0.29, 0.717) is 12.0 Å². The summed E-state index contributed by atoms with van der Waals surface area (Å²) < 4.78 is 0. The fraction of sp³-hybridized carbons (Fsp3) is 0.562. The first-order chi connectivity index (χ1) is 9.13. The van der Waals surface area contributed by atoms with Crippen LogP contribution in [0.2, 0.25) is 0 Å². The molecule has 3 atom stereocenters. The van der Waals surface area contributed by atoms with Crippen LogP contribution in [0.5, 0.6) is 0 Å². The van der Waals surface area contributed by atoms with Crippen molar-refractivity contribution in [3.63, 3.8) is 0 Å². The molecule has 0 saturated carbocycles. The highest BCUT2D eigenvalue weighted by Crippen LogP contribution is 2.30. The second-order valence-corrected chi connectivity index (χ2v) is 7.63. The Bertz CT molecular complexity index is 444. The van der Waals surface area contributed by atoms with E-state index in [4.69, 9.17) is 0 Å². The largest absolute Gasteiger partial charge is 0.315 e. The van der Waals surface area contributed by atoms with Gasteiger partial charge in [-0.3, -0.25) is 4.90 Å². The van der Waals surface area contributed by atoms with Crippen LogP contribution in [-0.2, 0) is 6.42 Å². The van der Waals surface area contributed by atoms with E-state index in [2.05, 4.69) is 61.4 Å². The Balaban J connectivity index is 2.15. The van der Waals surface area contributed by atoms with Crippen LogP contribution in [0, 0.1) is 0 Å². The van der Waals surface area contributed by atoms with Crippen LogP contribution >= 0.6 is 7.55 Å². The quantitative estimate of drug-likeness (QED) is 0.833. The van der Waals surface area contributed by atoms with Gasteiger partial charge in [0.05, 0.1) is 20.5 Å². The first-order valence-electron chi connectivity index (χ1n) is 7.14. The number of nitrogens with zero attached hydrogens (tertiary/aromatic N) is 1. The smallest absolute Gasteiger partial charge is 0.159 e. The van der Waals surface area contributed by atoms with E-state index in [0.717, 1.165) is 19.3 Å². The van der Waals surface area contributed by atoms with Gasteiger partial charge in [0.25, 0.3) is 0 Å². The van der Waals surface area contributed by atoms with E-state index >= 15 is 0 Å². The molecular weight excluding hydrogens is 251 g/mol. The van der Waals surface area contributed by atoms with Crippen LogP contribution in [0.4, 0.5) is 0 Å². The summed E-state index contributed by atoms with van der Waals surface area (Å²) >= 11 is 0. The zero-order valence-electron chi connectivity index (χ0n) is 12.4. The Labute approximate surface area is 118 Å². The molecule has 2 nitrogen and oxygen atoms in total. The maximum atomic E-state index is 4.18. The minimum atomic E-state index is -0.0847. The molecule has 3 unspecified atom stereocenters. The third-order valence-corrected chi connectivity index (χ3v) is 4.88. The third kappa shape index (κ3) is 3.66. The molecule has 1 aliphatic rings. The number of aryl methyl sites for hydroxylation is 1. The van der Waals surface area contributed by atoms with Crippen molar-refractivity contribution in [1.82, 2.24) is 10.2 Å². The van der Waals surface area contributed by atoms with E-state index in [1.807, 2.05) is 0 Å². The number of rotatable bonds is 5. The molecule has 19 heavy (non-hydrogen) atoms. The van der Waals surface area contributed by atoms with Crippen LogP contribution in [0.25, 0.3) is 0 Å². The summed E-state index contributed by atoms with van der Waals surface area (Å²) in [6.07, 6.45) is 6.46. The Morgan fingerprint density at radius 1 is 1.42 bits per heavy atom. The van der Waals surface area contributed by atoms with Gasteiger partial charge in [0, 0.05) is 25.0 Å². The molecule has 1 aliphatic heterocycles. The predicted molar refractivity (Wildman–Crippen MR) is 87.8 cm³/mol. The number of likely N-dealkylation sites (tertiary alicyclic amines) is 1. The number of likely N-dealkylation sites (N-methyl/N-ethyl adjacent to an activating group) is 1. The average Bonchev–Trinajstić information content (AvgIpc) is 2.81. The monoisotopic (exact) mass is 277 g/mol. The minimum Gasteiger partial charge on any atom is -0.315 e. The van der Waals surface area contributed by atoms with Gasteiger partial charge in [-0.05, 0) is 24.6 Å². The Morgan fingerprint density at radius 2 is 2.21 bits per heavy atom. The molecule has 104 valence electrons. The molecule has 0 radical (unpaired) electrons. The van der Waals surface area contributed by atoms with Gasteiger partial charge in [0.2, 0.25) is 0 Å². The standard InChI is InChI=1S/C16H26N2P/c1-5-13-7-6-8-14(9-13)15-10-18(12-19(3)4)11-16(15)17-2/h6-9,15-17H,3,5,10-12H2,1-2,4H3/q+1. The topological polar surface area (TPSA) is 15.3 Å². The molecule has 0 aliphatic carbocycles. The van der Waals surface area contributed by atoms with Crippen molar-refractivity contribution >= 4 is 13.8 Å². The molecule has 1 fully saturated rings. The van der Waals surface area contributed by atoms with Gasteiger partial charge >= 0.3 is 0 Å². The number of hydrogen-bond acceptors (Lipinski definition) is 2. The average molecular weight is 277 g/mol. The molecule has 1 heterocycles. The molecule has 1 saturated heterocycles. The first-order valence-corrected chi connectivity index (χ1v) is 9.30. The SMILES string of the molecule is C=[P+](C)CN1CC(NC)C(c2cccc(CC)c2)C1. The van der Waals surface area contributed by atoms with Gasteiger partial charge in [-0.25, -0.2) is 0 Å². The summed E-state index contributed by atoms with van der Waals surface area (Å²) in [5.74, 6) is 0.617. The maximum Gasteiger partial charge on any atom is 0.159 e. The van der Waals surface area contributed by atoms with Gasteiger partial charge in [0.15, 0.2) is 6.29 Å². The highest BCUT2D eigenvalue weighted by atomic mass is 31.1. The van der Waals surface area contributed by atoms with Crippen LogP contribution in [0.1, 0.15) is 24.0 Å². The van der Waals surface area contributed by atoms with Crippen molar-refractivity contribution in [2.45, 2.75) is 25.3 Å². The molecule has 0 amide bonds. The van der Waals surface area contributed by atoms with Crippen molar-refractivity contribution in [2.75, 3.05) is 33.1 Å². The van der Waals surface area contributed by atoms with Gasteiger partial charge in [-0.2, -0.15) is 0 Å². The van der Waals surface area contributed by atoms with Gasteiger partial charge in [0.1, 0.15) is 0 Å². The molecular formula is C16H26N2P+. The summed E-state index contributed by atoms with van der Waals surface area (Å²) in [5, 5.41) is 3.50. The van der Waals surface area contributed by atoms with Gasteiger partial charge in [-0.15, -0.1) is 0 Å². The molecule has 1 aromatic carbocycles. The second kappa shape index (κ2) is 6.65. The number of hydrogen-bond donors (Lipinski definition) is 1. The second-order valence-electron chi connectivity index (χ2n) is 5.63. The first kappa shape index (κ1) is 14.7. The lowest BCUT2D eigenvalue weighted by Crippen LogP contribution is -2.32. The molecule has 0 bridgehead atoms. The van der Waals surface area contributed by atoms with Crippen molar-refractivity contribution < 1.29 is 0 Å². The summed E-state index contributed by atoms with van der Waals surface area (Å²) in [5.41, 5.74) is 2.94. The molecule has 1 aromatic rings. The summed E-state index contributed by atoms with van der Waals surface area (Å²) in [6, 6.07) is 9.68. The van der Waals surface area contributed by atoms with Gasteiger partial charge < -0.3 is 5.32 Å². The van der Waals surface area contributed by atoms with Crippen molar-refractivity contribution in [3.8, 4) is 0 Å². The van der Waals surface area contributed by atoms with E-state index in [1.54, 1.807) is 0 Å². The van der Waals surface area contributed by atoms with E-state index in [-0.39, 0.29) is 7.55 Å². The zero-order valence-corrected chi connectivity index (χ0v) is 13.3. The van der Waals surface area contributed by atoms with Crippen LogP contribution < -0.4 is 5.32 Å². The van der Waals surface area contributed by atoms with Crippen LogP contribution in [-0.4, -0.2) is 50.3 Å². The van der Waals surface area contributed by atoms with Gasteiger partial charge in [-0.1, -0.05) is 31.2 Å². The fourth-order valence-corrected chi connectivity index (χ4v) is 3.93. The summed E-state index contributed by atoms with van der Waals surface area (Å²) in [7, 11) is 2.00. The molecule has 3 heteroatoms. The normalized spacial score (nSPS) is 24.7. The summed E-state index contributed by atoms with van der Waals surface area (Å²) in [4.78, 5) is 2.57. The summed E-state index contributed by atoms with van der Waals surface area (Å²) in [6.45, 7) is 6.80. The lowest BCUT2D eigenvalue weighted by atomic mass is 9.93. The lowest BCUT2D eigenvalue weighted by Gasteiger charge is -2.18. The Morgan fingerprint density at radius 3 is 2.84 bits per heavy atom. The minimum absolute atomic E-state index is 0.0847. The highest BCUT2D eigenvalue weighted by Gasteiger charge is 2.34. The van der Waals surface area contributed by atoms with Crippen LogP contribution in [0.15, 0.2) is 24.3 Å². The maximum absolute atomic E-state index is 4.18. The number of benzene rings is 1. The lowest BCUT2D eigenvalue weighted by molar-refractivity contribution is 0.384. The van der Waals surface area contributed by atoms with E-state index < -0.39 is 0 Å². The predicted octanol–water partition coefficient (Wildman–Crippen LogP) is 2.74. The molecule has 1 N–H and O–H groups in total. The molecule has 0 spiro atoms. The van der Waals surface area contributed by atoms with Crippen molar-refractivity contribution in [3.05, 3.63) is 35.4 Å². The van der Waals surface area contributed by atoms with Crippen molar-refractivity contribution in [2.24, 2.45) is 0 Å². The van der Waals surface area contributed by atoms with Crippen molar-refractivity contribution in [1.29, 1.82) is 0 Å². The van der Waals surface area contributed by atoms with E-state index in [1.165, 1.54) is 17.7 Å². The van der Waals surface area contributed by atoms with E-state index in [9.17, 15) is 0 Å². The Hall–Kier alpha value is -0.690. The fourth-order valence-electron chi connectivity index (χ4n) is 3.02. The molecule has 2 rings (SSSR count). The highest BCUT2D eigenvalue weighted by molar-refractivity contribution is 7.54. The van der Waals surface area contributed by atoms with Crippen LogP contribution in [0.3, 0.4) is 0 Å². The Kier molecular flexibility index (Phi) is 5.15. The third-order valence-electron chi connectivity index (χ3n) is 4.00. The number of nitrogens with one attached hydrogen (secondary N) is 1.